The van der Waals surface area contributed by atoms with Crippen LogP contribution in [0.5, 0.6) is 5.75 Å². The van der Waals surface area contributed by atoms with Crippen molar-refractivity contribution in [3.05, 3.63) is 29.3 Å². The molecule has 3 rings (SSSR count). The Morgan fingerprint density at radius 3 is 2.32 bits per heavy atom. The largest absolute Gasteiger partial charge is 0.491 e. The Balaban J connectivity index is 1.91. The summed E-state index contributed by atoms with van der Waals surface area (Å²) in [6, 6.07) is 2.24. The fourth-order valence-corrected chi connectivity index (χ4v) is 5.03. The molecule has 2 aliphatic rings. The third kappa shape index (κ3) is 3.61. The van der Waals surface area contributed by atoms with Crippen molar-refractivity contribution in [3.63, 3.8) is 0 Å². The Morgan fingerprint density at radius 2 is 1.68 bits per heavy atom. The smallest absolute Gasteiger partial charge is 0.258 e. The van der Waals surface area contributed by atoms with Gasteiger partial charge >= 0.3 is 0 Å². The molecule has 0 saturated heterocycles. The molecule has 2 aliphatic carbocycles. The van der Waals surface area contributed by atoms with Crippen LogP contribution < -0.4 is 4.74 Å². The first-order valence-electron chi connectivity index (χ1n) is 9.98. The van der Waals surface area contributed by atoms with Crippen molar-refractivity contribution in [1.82, 2.24) is 0 Å². The molecule has 6 atom stereocenters. The molecule has 0 aliphatic heterocycles. The molecule has 6 unspecified atom stereocenters. The van der Waals surface area contributed by atoms with Crippen molar-refractivity contribution in [2.75, 3.05) is 6.61 Å². The Kier molecular flexibility index (Phi) is 6.20. The second-order valence-corrected chi connectivity index (χ2v) is 8.00. The number of halogens is 6. The predicted octanol–water partition coefficient (Wildman–Crippen LogP) is 6.60. The predicted molar refractivity (Wildman–Crippen MR) is 94.2 cm³/mol. The van der Waals surface area contributed by atoms with Crippen LogP contribution in [-0.4, -0.2) is 24.9 Å². The van der Waals surface area contributed by atoms with Crippen LogP contribution in [0.15, 0.2) is 12.1 Å². The van der Waals surface area contributed by atoms with Gasteiger partial charge < -0.3 is 4.74 Å². The van der Waals surface area contributed by atoms with Gasteiger partial charge in [0.15, 0.2) is 11.6 Å². The molecule has 0 aromatic heterocycles. The zero-order valence-corrected chi connectivity index (χ0v) is 16.0. The van der Waals surface area contributed by atoms with Gasteiger partial charge in [0.2, 0.25) is 5.82 Å². The summed E-state index contributed by atoms with van der Waals surface area (Å²) in [4.78, 5) is 0. The Bertz CT molecular complexity index is 694. The van der Waals surface area contributed by atoms with Crippen LogP contribution in [0.25, 0.3) is 0 Å². The van der Waals surface area contributed by atoms with Gasteiger partial charge in [-0.1, -0.05) is 19.4 Å². The summed E-state index contributed by atoms with van der Waals surface area (Å²) in [6.07, 6.45) is -3.05. The number of benzene rings is 1. The number of ether oxygens (including phenoxy) is 1. The monoisotopic (exact) mass is 408 g/mol. The first-order valence-corrected chi connectivity index (χ1v) is 9.98. The van der Waals surface area contributed by atoms with Crippen molar-refractivity contribution in [2.45, 2.75) is 70.1 Å². The second kappa shape index (κ2) is 8.15. The minimum atomic E-state index is -3.43. The molecule has 158 valence electrons. The lowest BCUT2D eigenvalue weighted by atomic mass is 9.86. The summed E-state index contributed by atoms with van der Waals surface area (Å²) < 4.78 is 93.2. The summed E-state index contributed by atoms with van der Waals surface area (Å²) >= 11 is 0. The first-order chi connectivity index (χ1) is 13.2. The van der Waals surface area contributed by atoms with E-state index in [1.54, 1.807) is 13.8 Å². The fourth-order valence-electron chi connectivity index (χ4n) is 5.03. The van der Waals surface area contributed by atoms with E-state index in [4.69, 9.17) is 4.74 Å². The lowest BCUT2D eigenvalue weighted by Gasteiger charge is -2.28. The van der Waals surface area contributed by atoms with E-state index >= 15 is 8.78 Å². The highest BCUT2D eigenvalue weighted by Crippen LogP contribution is 2.59. The van der Waals surface area contributed by atoms with Crippen molar-refractivity contribution in [2.24, 2.45) is 17.8 Å². The molecule has 0 heterocycles. The Labute approximate surface area is 161 Å². The molecule has 1 nitrogen and oxygen atoms in total. The van der Waals surface area contributed by atoms with Crippen LogP contribution in [0.1, 0.15) is 57.4 Å². The van der Waals surface area contributed by atoms with Crippen molar-refractivity contribution >= 4 is 0 Å². The van der Waals surface area contributed by atoms with E-state index in [1.165, 1.54) is 0 Å². The molecule has 0 radical (unpaired) electrons. The van der Waals surface area contributed by atoms with Crippen LogP contribution >= 0.6 is 0 Å². The zero-order chi connectivity index (χ0) is 20.6. The first kappa shape index (κ1) is 21.3. The van der Waals surface area contributed by atoms with Crippen molar-refractivity contribution in [3.8, 4) is 5.75 Å². The SMILES string of the molecule is CCCC1C(F)CC2CC(c3ccc(OCC)c(F)c3F)C(F)(F)C2CC1F. The van der Waals surface area contributed by atoms with Gasteiger partial charge in [-0.25, -0.2) is 22.0 Å². The van der Waals surface area contributed by atoms with Crippen LogP contribution in [-0.2, 0) is 0 Å². The maximum absolute atomic E-state index is 15.2. The molecule has 1 aromatic carbocycles. The average molecular weight is 408 g/mol. The van der Waals surface area contributed by atoms with Gasteiger partial charge in [-0.05, 0) is 44.6 Å². The van der Waals surface area contributed by atoms with Crippen LogP contribution in [0.2, 0.25) is 0 Å². The summed E-state index contributed by atoms with van der Waals surface area (Å²) in [7, 11) is 0. The van der Waals surface area contributed by atoms with E-state index in [0.717, 1.165) is 12.1 Å². The third-order valence-corrected chi connectivity index (χ3v) is 6.38. The second-order valence-electron chi connectivity index (χ2n) is 8.00. The zero-order valence-electron chi connectivity index (χ0n) is 16.0. The van der Waals surface area contributed by atoms with E-state index in [-0.39, 0.29) is 25.2 Å². The molecule has 0 N–H and O–H groups in total. The highest BCUT2D eigenvalue weighted by atomic mass is 19.3. The van der Waals surface area contributed by atoms with E-state index in [1.807, 2.05) is 0 Å². The summed E-state index contributed by atoms with van der Waals surface area (Å²) in [5, 5.41) is 0. The van der Waals surface area contributed by atoms with E-state index < -0.39 is 65.6 Å². The normalized spacial score (nSPS) is 34.7. The number of hydrogen-bond acceptors (Lipinski definition) is 1. The van der Waals surface area contributed by atoms with E-state index in [0.29, 0.717) is 12.8 Å². The summed E-state index contributed by atoms with van der Waals surface area (Å²) in [5.41, 5.74) is -0.449. The molecule has 0 bridgehead atoms. The van der Waals surface area contributed by atoms with Crippen LogP contribution in [0, 0.1) is 29.4 Å². The van der Waals surface area contributed by atoms with Crippen molar-refractivity contribution < 1.29 is 31.1 Å². The number of alkyl halides is 4. The van der Waals surface area contributed by atoms with Gasteiger partial charge in [-0.15, -0.1) is 0 Å². The lowest BCUT2D eigenvalue weighted by molar-refractivity contribution is -0.0693. The molecule has 0 amide bonds. The van der Waals surface area contributed by atoms with Gasteiger partial charge in [-0.2, -0.15) is 4.39 Å². The van der Waals surface area contributed by atoms with E-state index in [9.17, 15) is 17.6 Å². The van der Waals surface area contributed by atoms with Gasteiger partial charge in [0, 0.05) is 17.4 Å². The Morgan fingerprint density at radius 1 is 1.00 bits per heavy atom. The minimum Gasteiger partial charge on any atom is -0.491 e. The van der Waals surface area contributed by atoms with Gasteiger partial charge in [0.05, 0.1) is 12.5 Å². The van der Waals surface area contributed by atoms with Crippen molar-refractivity contribution in [1.29, 1.82) is 0 Å². The van der Waals surface area contributed by atoms with E-state index in [2.05, 4.69) is 0 Å². The molecule has 7 heteroatoms. The molecular weight excluding hydrogens is 382 g/mol. The number of rotatable bonds is 5. The maximum atomic E-state index is 15.2. The minimum absolute atomic E-state index is 0.105. The summed E-state index contributed by atoms with van der Waals surface area (Å²) in [6.45, 7) is 3.50. The number of fused-ring (bicyclic) bond motifs is 1. The lowest BCUT2D eigenvalue weighted by Crippen LogP contribution is -2.33. The van der Waals surface area contributed by atoms with Crippen LogP contribution in [0.4, 0.5) is 26.3 Å². The maximum Gasteiger partial charge on any atom is 0.258 e. The summed E-state index contributed by atoms with van der Waals surface area (Å²) in [5.74, 6) is -11.1. The highest BCUT2D eigenvalue weighted by Gasteiger charge is 2.60. The van der Waals surface area contributed by atoms with Gasteiger partial charge in [-0.3, -0.25) is 0 Å². The quantitative estimate of drug-likeness (QED) is 0.499. The van der Waals surface area contributed by atoms with Crippen LogP contribution in [0.3, 0.4) is 0 Å². The fraction of sp³-hybridized carbons (Fsp3) is 0.714. The van der Waals surface area contributed by atoms with Gasteiger partial charge in [0.25, 0.3) is 5.92 Å². The third-order valence-electron chi connectivity index (χ3n) is 6.38. The average Bonchev–Trinajstić information content (AvgIpc) is 2.79. The number of hydrogen-bond donors (Lipinski definition) is 0. The Hall–Kier alpha value is -1.40. The molecule has 0 spiro atoms. The molecule has 1 aromatic rings. The standard InChI is InChI=1S/C21H26F6O/c1-3-5-13-16(22)9-11-8-15(21(26,27)14(11)10-17(13)23)12-6-7-18(28-4-2)20(25)19(12)24/h6-7,11,13-17H,3-5,8-10H2,1-2H3. The molecule has 28 heavy (non-hydrogen) atoms. The topological polar surface area (TPSA) is 9.23 Å². The molecule has 2 saturated carbocycles. The van der Waals surface area contributed by atoms with Gasteiger partial charge in [0.1, 0.15) is 12.3 Å². The molecule has 2 fully saturated rings. The molecular formula is C21H26F6O. The highest BCUT2D eigenvalue weighted by molar-refractivity contribution is 5.35.